The van der Waals surface area contributed by atoms with Gasteiger partial charge in [-0.1, -0.05) is 13.8 Å². The number of hydrogen-bond acceptors (Lipinski definition) is 3. The van der Waals surface area contributed by atoms with Crippen LogP contribution in [0.4, 0.5) is 5.69 Å². The summed E-state index contributed by atoms with van der Waals surface area (Å²) in [6, 6.07) is 5.46. The van der Waals surface area contributed by atoms with Crippen molar-refractivity contribution in [3.8, 4) is 0 Å². The number of H-pyrrole nitrogens is 1. The Balaban J connectivity index is 2.06. The smallest absolute Gasteiger partial charge is 0.253 e. The second-order valence-corrected chi connectivity index (χ2v) is 6.18. The summed E-state index contributed by atoms with van der Waals surface area (Å²) in [4.78, 5) is 15.4. The van der Waals surface area contributed by atoms with Crippen LogP contribution in [0.3, 0.4) is 0 Å². The lowest BCUT2D eigenvalue weighted by molar-refractivity contribution is 0.0934. The van der Waals surface area contributed by atoms with Crippen LogP contribution in [0.25, 0.3) is 10.9 Å². The Kier molecular flexibility index (Phi) is 4.53. The normalized spacial score (nSPS) is 11.8. The zero-order chi connectivity index (χ0) is 15.5. The predicted octanol–water partition coefficient (Wildman–Crippen LogP) is 2.28. The summed E-state index contributed by atoms with van der Waals surface area (Å²) in [6.07, 6.45) is 3.32. The monoisotopic (exact) mass is 289 g/mol. The summed E-state index contributed by atoms with van der Waals surface area (Å²) in [5, 5.41) is 12.7. The van der Waals surface area contributed by atoms with Gasteiger partial charge in [-0.2, -0.15) is 0 Å². The molecule has 114 valence electrons. The molecule has 2 rings (SSSR count). The Morgan fingerprint density at radius 3 is 2.90 bits per heavy atom. The molecule has 1 aromatic heterocycles. The molecule has 0 radical (unpaired) electrons. The number of aliphatic hydroxyl groups excluding tert-OH is 1. The van der Waals surface area contributed by atoms with Crippen LogP contribution in [-0.2, 0) is 0 Å². The molecule has 0 atom stereocenters. The number of nitrogens with two attached hydrogens (primary N) is 1. The number of anilines is 1. The van der Waals surface area contributed by atoms with E-state index in [1.54, 1.807) is 12.3 Å². The lowest BCUT2D eigenvalue weighted by atomic mass is 9.88. The fourth-order valence-electron chi connectivity index (χ4n) is 2.39. The molecule has 0 unspecified atom stereocenters. The van der Waals surface area contributed by atoms with Crippen LogP contribution in [0.15, 0.2) is 24.4 Å². The van der Waals surface area contributed by atoms with Crippen molar-refractivity contribution in [3.63, 3.8) is 0 Å². The SMILES string of the molecule is CC(C)(CCCO)CNC(=O)c1c[nH]c2cc(N)ccc12. The van der Waals surface area contributed by atoms with Gasteiger partial charge in [0.05, 0.1) is 5.56 Å². The van der Waals surface area contributed by atoms with Gasteiger partial charge in [0.15, 0.2) is 0 Å². The molecule has 5 nitrogen and oxygen atoms in total. The number of amides is 1. The number of hydrogen-bond donors (Lipinski definition) is 4. The van der Waals surface area contributed by atoms with Crippen LogP contribution in [-0.4, -0.2) is 29.1 Å². The molecular weight excluding hydrogens is 266 g/mol. The molecule has 21 heavy (non-hydrogen) atoms. The average molecular weight is 289 g/mol. The van der Waals surface area contributed by atoms with Gasteiger partial charge in [-0.3, -0.25) is 4.79 Å². The molecule has 1 amide bonds. The number of benzene rings is 1. The topological polar surface area (TPSA) is 91.1 Å². The third-order valence-electron chi connectivity index (χ3n) is 3.69. The van der Waals surface area contributed by atoms with Crippen LogP contribution in [0, 0.1) is 5.41 Å². The summed E-state index contributed by atoms with van der Waals surface area (Å²) in [5.41, 5.74) is 7.85. The number of fused-ring (bicyclic) bond motifs is 1. The number of aromatic nitrogens is 1. The Morgan fingerprint density at radius 1 is 1.43 bits per heavy atom. The predicted molar refractivity (Wildman–Crippen MR) is 85.1 cm³/mol. The van der Waals surface area contributed by atoms with Gasteiger partial charge in [0, 0.05) is 35.9 Å². The van der Waals surface area contributed by atoms with Crippen LogP contribution in [0.5, 0.6) is 0 Å². The molecule has 5 N–H and O–H groups in total. The van der Waals surface area contributed by atoms with Gasteiger partial charge in [0.2, 0.25) is 0 Å². The Bertz CT molecular complexity index is 631. The van der Waals surface area contributed by atoms with E-state index in [4.69, 9.17) is 10.8 Å². The molecule has 0 aliphatic heterocycles. The summed E-state index contributed by atoms with van der Waals surface area (Å²) in [7, 11) is 0. The Labute approximate surface area is 124 Å². The summed E-state index contributed by atoms with van der Waals surface area (Å²) < 4.78 is 0. The fraction of sp³-hybridized carbons (Fsp3) is 0.438. The lowest BCUT2D eigenvalue weighted by Crippen LogP contribution is -2.34. The van der Waals surface area contributed by atoms with Crippen LogP contribution < -0.4 is 11.1 Å². The van der Waals surface area contributed by atoms with Crippen molar-refractivity contribution >= 4 is 22.5 Å². The molecule has 1 aromatic carbocycles. The van der Waals surface area contributed by atoms with E-state index in [1.165, 1.54) is 0 Å². The number of aliphatic hydroxyl groups is 1. The zero-order valence-electron chi connectivity index (χ0n) is 12.6. The Hall–Kier alpha value is -2.01. The molecule has 0 saturated carbocycles. The number of carbonyl (C=O) groups excluding carboxylic acids is 1. The number of rotatable bonds is 6. The van der Waals surface area contributed by atoms with E-state index in [0.29, 0.717) is 17.8 Å². The van der Waals surface area contributed by atoms with Gasteiger partial charge in [0.25, 0.3) is 5.91 Å². The van der Waals surface area contributed by atoms with Crippen molar-refractivity contribution in [3.05, 3.63) is 30.0 Å². The highest BCUT2D eigenvalue weighted by Gasteiger charge is 2.20. The summed E-state index contributed by atoms with van der Waals surface area (Å²) in [6.45, 7) is 4.92. The maximum Gasteiger partial charge on any atom is 0.253 e. The van der Waals surface area contributed by atoms with E-state index in [-0.39, 0.29) is 17.9 Å². The second-order valence-electron chi connectivity index (χ2n) is 6.18. The minimum atomic E-state index is -0.0944. The van der Waals surface area contributed by atoms with E-state index in [9.17, 15) is 4.79 Å². The molecule has 0 spiro atoms. The van der Waals surface area contributed by atoms with Crippen LogP contribution >= 0.6 is 0 Å². The van der Waals surface area contributed by atoms with E-state index in [2.05, 4.69) is 24.1 Å². The molecule has 1 heterocycles. The number of nitrogen functional groups attached to an aromatic ring is 1. The molecule has 0 bridgehead atoms. The molecule has 2 aromatic rings. The van der Waals surface area contributed by atoms with Gasteiger partial charge < -0.3 is 21.1 Å². The van der Waals surface area contributed by atoms with E-state index >= 15 is 0 Å². The Morgan fingerprint density at radius 2 is 2.19 bits per heavy atom. The first-order valence-corrected chi connectivity index (χ1v) is 7.19. The van der Waals surface area contributed by atoms with Gasteiger partial charge in [-0.25, -0.2) is 0 Å². The van der Waals surface area contributed by atoms with Crippen molar-refractivity contribution in [1.82, 2.24) is 10.3 Å². The highest BCUT2D eigenvalue weighted by atomic mass is 16.2. The quantitative estimate of drug-likeness (QED) is 0.615. The third-order valence-corrected chi connectivity index (χ3v) is 3.69. The van der Waals surface area contributed by atoms with Crippen LogP contribution in [0.2, 0.25) is 0 Å². The first-order chi connectivity index (χ1) is 9.93. The van der Waals surface area contributed by atoms with Gasteiger partial charge in [-0.15, -0.1) is 0 Å². The highest BCUT2D eigenvalue weighted by Crippen LogP contribution is 2.23. The van der Waals surface area contributed by atoms with Crippen molar-refractivity contribution in [2.75, 3.05) is 18.9 Å². The van der Waals surface area contributed by atoms with Gasteiger partial charge in [-0.05, 0) is 36.5 Å². The molecule has 5 heteroatoms. The lowest BCUT2D eigenvalue weighted by Gasteiger charge is -2.24. The summed E-state index contributed by atoms with van der Waals surface area (Å²) >= 11 is 0. The minimum absolute atomic E-state index is 0.0328. The molecule has 0 aliphatic rings. The maximum absolute atomic E-state index is 12.3. The van der Waals surface area contributed by atoms with Crippen molar-refractivity contribution in [1.29, 1.82) is 0 Å². The number of aromatic amines is 1. The minimum Gasteiger partial charge on any atom is -0.399 e. The molecule has 0 saturated heterocycles. The molecule has 0 aliphatic carbocycles. The first-order valence-electron chi connectivity index (χ1n) is 7.19. The first kappa shape index (κ1) is 15.4. The van der Waals surface area contributed by atoms with Crippen LogP contribution in [0.1, 0.15) is 37.0 Å². The van der Waals surface area contributed by atoms with E-state index in [0.717, 1.165) is 23.7 Å². The van der Waals surface area contributed by atoms with Crippen molar-refractivity contribution < 1.29 is 9.90 Å². The third kappa shape index (κ3) is 3.76. The van der Waals surface area contributed by atoms with Gasteiger partial charge >= 0.3 is 0 Å². The van der Waals surface area contributed by atoms with Gasteiger partial charge in [0.1, 0.15) is 0 Å². The number of carbonyl (C=O) groups is 1. The highest BCUT2D eigenvalue weighted by molar-refractivity contribution is 6.07. The van der Waals surface area contributed by atoms with Crippen molar-refractivity contribution in [2.45, 2.75) is 26.7 Å². The standard InChI is InChI=1S/C16H23N3O2/c1-16(2,6-3-7-20)10-19-15(21)13-9-18-14-8-11(17)4-5-12(13)14/h4-5,8-9,18,20H,3,6-7,10,17H2,1-2H3,(H,19,21). The average Bonchev–Trinajstić information content (AvgIpc) is 2.85. The molecule has 0 fully saturated rings. The largest absolute Gasteiger partial charge is 0.399 e. The zero-order valence-corrected chi connectivity index (χ0v) is 12.6. The number of nitrogens with one attached hydrogen (secondary N) is 2. The fourth-order valence-corrected chi connectivity index (χ4v) is 2.39. The maximum atomic E-state index is 12.3. The van der Waals surface area contributed by atoms with E-state index < -0.39 is 0 Å². The summed E-state index contributed by atoms with van der Waals surface area (Å²) in [5.74, 6) is -0.0944. The van der Waals surface area contributed by atoms with E-state index in [1.807, 2.05) is 12.1 Å². The van der Waals surface area contributed by atoms with Crippen molar-refractivity contribution in [2.24, 2.45) is 5.41 Å². The molecular formula is C16H23N3O2. The second kappa shape index (κ2) is 6.18.